The van der Waals surface area contributed by atoms with Crippen LogP contribution >= 0.6 is 27.3 Å². The Kier molecular flexibility index (Phi) is 5.16. The first-order valence-electron chi connectivity index (χ1n) is 6.33. The van der Waals surface area contributed by atoms with Crippen LogP contribution in [0.4, 0.5) is 0 Å². The number of hydrogen-bond acceptors (Lipinski definition) is 5. The monoisotopic (exact) mass is 416 g/mol. The fourth-order valence-electron chi connectivity index (χ4n) is 2.34. The van der Waals surface area contributed by atoms with E-state index in [0.717, 1.165) is 14.9 Å². The molecule has 6 nitrogen and oxygen atoms in total. The van der Waals surface area contributed by atoms with E-state index < -0.39 is 20.0 Å². The lowest BCUT2D eigenvalue weighted by Gasteiger charge is -2.31. The van der Waals surface area contributed by atoms with Crippen LogP contribution in [0.5, 0.6) is 0 Å². The Balaban J connectivity index is 2.10. The van der Waals surface area contributed by atoms with E-state index in [0.29, 0.717) is 30.8 Å². The molecule has 0 spiro atoms. The molecule has 0 bridgehead atoms. The van der Waals surface area contributed by atoms with E-state index >= 15 is 0 Å². The van der Waals surface area contributed by atoms with E-state index in [1.54, 1.807) is 13.0 Å². The minimum atomic E-state index is -3.50. The molecule has 10 heteroatoms. The average molecular weight is 417 g/mol. The Morgan fingerprint density at radius 2 is 1.86 bits per heavy atom. The van der Waals surface area contributed by atoms with Crippen molar-refractivity contribution in [3.63, 3.8) is 0 Å². The zero-order valence-electron chi connectivity index (χ0n) is 11.7. The van der Waals surface area contributed by atoms with Crippen molar-refractivity contribution < 1.29 is 16.8 Å². The summed E-state index contributed by atoms with van der Waals surface area (Å²) in [6, 6.07) is 1.43. The first-order chi connectivity index (χ1) is 9.59. The fraction of sp³-hybridized carbons (Fsp3) is 0.636. The summed E-state index contributed by atoms with van der Waals surface area (Å²) < 4.78 is 52.3. The summed E-state index contributed by atoms with van der Waals surface area (Å²) >= 11 is 4.69. The fourth-order valence-corrected chi connectivity index (χ4v) is 7.04. The number of halogens is 1. The van der Waals surface area contributed by atoms with Crippen molar-refractivity contribution in [1.29, 1.82) is 0 Å². The van der Waals surface area contributed by atoms with Gasteiger partial charge >= 0.3 is 0 Å². The molecule has 1 aromatic heterocycles. The molecule has 0 atom stereocenters. The van der Waals surface area contributed by atoms with E-state index in [9.17, 15) is 16.8 Å². The van der Waals surface area contributed by atoms with Crippen molar-refractivity contribution in [1.82, 2.24) is 9.03 Å². The zero-order valence-corrected chi connectivity index (χ0v) is 15.7. The second-order valence-electron chi connectivity index (χ2n) is 5.04. The lowest BCUT2D eigenvalue weighted by molar-refractivity contribution is 0.309. The highest BCUT2D eigenvalue weighted by Gasteiger charge is 2.32. The van der Waals surface area contributed by atoms with E-state index in [4.69, 9.17) is 0 Å². The highest BCUT2D eigenvalue weighted by molar-refractivity contribution is 9.11. The van der Waals surface area contributed by atoms with Gasteiger partial charge in [0.25, 0.3) is 0 Å². The van der Waals surface area contributed by atoms with Crippen LogP contribution in [-0.4, -0.2) is 46.5 Å². The molecule has 2 heterocycles. The molecule has 0 aromatic carbocycles. The summed E-state index contributed by atoms with van der Waals surface area (Å²) in [5.41, 5.74) is 0. The maximum absolute atomic E-state index is 12.6. The van der Waals surface area contributed by atoms with Crippen molar-refractivity contribution in [3.05, 3.63) is 14.7 Å². The molecule has 0 unspecified atom stereocenters. The summed E-state index contributed by atoms with van der Waals surface area (Å²) in [5.74, 6) is 0. The first kappa shape index (κ1) is 17.4. The van der Waals surface area contributed by atoms with Crippen LogP contribution in [-0.2, 0) is 20.0 Å². The standard InChI is InChI=1S/C11H17BrN2O4S3/c1-8-10(7-11(12)19-8)21(17,18)14-5-3-9(4-6-14)13-20(2,15)16/h7,9,13H,3-6H2,1-2H3. The smallest absolute Gasteiger partial charge is 0.213 e. The summed E-state index contributed by atoms with van der Waals surface area (Å²) in [4.78, 5) is 1.08. The molecular formula is C11H17BrN2O4S3. The van der Waals surface area contributed by atoms with Gasteiger partial charge in [-0.25, -0.2) is 21.6 Å². The predicted octanol–water partition coefficient (Wildman–Crippen LogP) is 1.52. The second-order valence-corrected chi connectivity index (χ2v) is 11.4. The Hall–Kier alpha value is -0.000000000000000167. The minimum absolute atomic E-state index is 0.193. The van der Waals surface area contributed by atoms with Crippen LogP contribution < -0.4 is 4.72 Å². The van der Waals surface area contributed by atoms with Crippen LogP contribution in [0.2, 0.25) is 0 Å². The van der Waals surface area contributed by atoms with Gasteiger partial charge in [-0.1, -0.05) is 0 Å². The third-order valence-electron chi connectivity index (χ3n) is 3.29. The average Bonchev–Trinajstić information content (AvgIpc) is 2.68. The van der Waals surface area contributed by atoms with Crippen LogP contribution in [0.15, 0.2) is 14.7 Å². The maximum Gasteiger partial charge on any atom is 0.244 e. The molecule has 2 rings (SSSR count). The SMILES string of the molecule is Cc1sc(Br)cc1S(=O)(=O)N1CCC(NS(C)(=O)=O)CC1. The number of hydrogen-bond donors (Lipinski definition) is 1. The minimum Gasteiger partial charge on any atom is -0.213 e. The van der Waals surface area contributed by atoms with E-state index in [2.05, 4.69) is 20.7 Å². The van der Waals surface area contributed by atoms with Crippen LogP contribution in [0.25, 0.3) is 0 Å². The molecular weight excluding hydrogens is 400 g/mol. The van der Waals surface area contributed by atoms with Crippen LogP contribution in [0, 0.1) is 6.92 Å². The van der Waals surface area contributed by atoms with Gasteiger partial charge in [0.15, 0.2) is 0 Å². The molecule has 1 saturated heterocycles. The third kappa shape index (κ3) is 4.26. The van der Waals surface area contributed by atoms with Crippen molar-refractivity contribution >= 4 is 47.3 Å². The number of aryl methyl sites for hydroxylation is 1. The highest BCUT2D eigenvalue weighted by Crippen LogP contribution is 2.32. The quantitative estimate of drug-likeness (QED) is 0.805. The Morgan fingerprint density at radius 3 is 2.29 bits per heavy atom. The summed E-state index contributed by atoms with van der Waals surface area (Å²) in [5, 5.41) is 0. The maximum atomic E-state index is 12.6. The topological polar surface area (TPSA) is 83.6 Å². The van der Waals surface area contributed by atoms with E-state index in [1.165, 1.54) is 15.6 Å². The lowest BCUT2D eigenvalue weighted by atomic mass is 10.1. The highest BCUT2D eigenvalue weighted by atomic mass is 79.9. The zero-order chi connectivity index (χ0) is 15.8. The first-order valence-corrected chi connectivity index (χ1v) is 11.3. The molecule has 0 saturated carbocycles. The molecule has 0 radical (unpaired) electrons. The molecule has 1 fully saturated rings. The summed E-state index contributed by atoms with van der Waals surface area (Å²) in [7, 11) is -6.76. The number of rotatable bonds is 4. The molecule has 1 aliphatic rings. The predicted molar refractivity (Wildman–Crippen MR) is 86.5 cm³/mol. The van der Waals surface area contributed by atoms with Gasteiger partial charge in [-0.15, -0.1) is 11.3 Å². The van der Waals surface area contributed by atoms with Gasteiger partial charge in [0, 0.05) is 24.0 Å². The Morgan fingerprint density at radius 1 is 1.29 bits per heavy atom. The molecule has 120 valence electrons. The van der Waals surface area contributed by atoms with Crippen LogP contribution in [0.3, 0.4) is 0 Å². The van der Waals surface area contributed by atoms with Crippen LogP contribution in [0.1, 0.15) is 17.7 Å². The van der Waals surface area contributed by atoms with E-state index in [-0.39, 0.29) is 6.04 Å². The Bertz CT molecular complexity index is 719. The molecule has 0 aliphatic carbocycles. The second kappa shape index (κ2) is 6.25. The molecule has 0 amide bonds. The van der Waals surface area contributed by atoms with Gasteiger partial charge in [-0.3, -0.25) is 0 Å². The van der Waals surface area contributed by atoms with Crippen molar-refractivity contribution in [2.24, 2.45) is 0 Å². The molecule has 21 heavy (non-hydrogen) atoms. The number of nitrogens with zero attached hydrogens (tertiary/aromatic N) is 1. The van der Waals surface area contributed by atoms with Crippen molar-refractivity contribution in [2.45, 2.75) is 30.7 Å². The lowest BCUT2D eigenvalue weighted by Crippen LogP contribution is -2.46. The van der Waals surface area contributed by atoms with Gasteiger partial charge in [0.2, 0.25) is 20.0 Å². The molecule has 1 aliphatic heterocycles. The van der Waals surface area contributed by atoms with Gasteiger partial charge in [0.1, 0.15) is 0 Å². The van der Waals surface area contributed by atoms with Gasteiger partial charge < -0.3 is 0 Å². The van der Waals surface area contributed by atoms with E-state index in [1.807, 2.05) is 0 Å². The van der Waals surface area contributed by atoms with Gasteiger partial charge in [0.05, 0.1) is 14.9 Å². The largest absolute Gasteiger partial charge is 0.244 e. The van der Waals surface area contributed by atoms with Crippen molar-refractivity contribution in [3.8, 4) is 0 Å². The van der Waals surface area contributed by atoms with Crippen molar-refractivity contribution in [2.75, 3.05) is 19.3 Å². The van der Waals surface area contributed by atoms with Gasteiger partial charge in [-0.05, 0) is 41.8 Å². The number of thiophene rings is 1. The number of nitrogens with one attached hydrogen (secondary N) is 1. The summed E-state index contributed by atoms with van der Waals surface area (Å²) in [6.07, 6.45) is 2.08. The third-order valence-corrected chi connectivity index (χ3v) is 7.76. The summed E-state index contributed by atoms with van der Waals surface area (Å²) in [6.45, 7) is 2.42. The number of sulfonamides is 2. The molecule has 1 N–H and O–H groups in total. The molecule has 1 aromatic rings. The van der Waals surface area contributed by atoms with Gasteiger partial charge in [-0.2, -0.15) is 4.31 Å². The number of piperidine rings is 1. The Labute approximate surface area is 137 Å². The normalized spacial score (nSPS) is 19.0.